The number of unbranched alkanes of at least 4 members (excludes halogenated alkanes) is 1. The molecule has 0 saturated carbocycles. The van der Waals surface area contributed by atoms with Crippen LogP contribution in [0.4, 0.5) is 0 Å². The van der Waals surface area contributed by atoms with Crippen molar-refractivity contribution in [3.8, 4) is 11.1 Å². The Bertz CT molecular complexity index is 1110. The molecular weight excluding hydrogens is 494 g/mol. The topological polar surface area (TPSA) is 118 Å². The van der Waals surface area contributed by atoms with Crippen LogP contribution in [0.15, 0.2) is 47.6 Å². The summed E-state index contributed by atoms with van der Waals surface area (Å²) in [5, 5.41) is 13.5. The van der Waals surface area contributed by atoms with Crippen LogP contribution >= 0.6 is 0 Å². The summed E-state index contributed by atoms with van der Waals surface area (Å²) in [6, 6.07) is 11.3. The van der Waals surface area contributed by atoms with Gasteiger partial charge in [-0.15, -0.1) is 0 Å². The number of pyridine rings is 1. The monoisotopic (exact) mass is 533 g/mol. The molecule has 204 valence electrons. The fraction of sp³-hybridized carbons (Fsp3) is 0.556. The lowest BCUT2D eigenvalue weighted by Gasteiger charge is -2.41. The molecule has 1 fully saturated rings. The summed E-state index contributed by atoms with van der Waals surface area (Å²) in [5.74, 6) is 0.00425. The molecule has 1 aliphatic heterocycles. The number of hydrogen-bond acceptors (Lipinski definition) is 8. The maximum Gasteiger partial charge on any atom is 0.221 e. The van der Waals surface area contributed by atoms with E-state index < -0.39 is 22.2 Å². The summed E-state index contributed by atoms with van der Waals surface area (Å²) in [4.78, 5) is 18.3. The number of ether oxygens (including phenoxy) is 2. The third-order valence-corrected chi connectivity index (χ3v) is 7.72. The summed E-state index contributed by atoms with van der Waals surface area (Å²) in [5.41, 5.74) is 3.05. The van der Waals surface area contributed by atoms with Crippen LogP contribution in [-0.2, 0) is 30.5 Å². The minimum atomic E-state index is -3.30. The number of nitrogens with one attached hydrogen (secondary N) is 1. The molecule has 0 radical (unpaired) electrons. The first-order valence-corrected chi connectivity index (χ1v) is 14.6. The molecule has 2 heterocycles. The molecule has 1 aliphatic rings. The molecule has 1 aromatic carbocycles. The van der Waals surface area contributed by atoms with Gasteiger partial charge in [0.2, 0.25) is 5.91 Å². The van der Waals surface area contributed by atoms with Crippen molar-refractivity contribution in [2.24, 2.45) is 0 Å². The molecule has 2 aromatic rings. The van der Waals surface area contributed by atoms with Crippen molar-refractivity contribution in [3.63, 3.8) is 0 Å². The van der Waals surface area contributed by atoms with Crippen molar-refractivity contribution >= 4 is 15.7 Å². The molecule has 1 aromatic heterocycles. The number of aliphatic hydroxyl groups excluding tert-OH is 1. The predicted molar refractivity (Wildman–Crippen MR) is 142 cm³/mol. The maximum absolute atomic E-state index is 12.3. The van der Waals surface area contributed by atoms with Crippen LogP contribution < -0.4 is 5.32 Å². The quantitative estimate of drug-likeness (QED) is 0.400. The summed E-state index contributed by atoms with van der Waals surface area (Å²) in [6.45, 7) is 3.13. The second-order valence-corrected chi connectivity index (χ2v) is 11.7. The van der Waals surface area contributed by atoms with Gasteiger partial charge in [0, 0.05) is 50.7 Å². The number of methoxy groups -OCH3 is 1. The zero-order valence-electron chi connectivity index (χ0n) is 22.1. The first kappa shape index (κ1) is 29.2. The molecule has 0 spiro atoms. The van der Waals surface area contributed by atoms with Crippen LogP contribution in [-0.4, -0.2) is 87.4 Å². The van der Waals surface area contributed by atoms with E-state index in [1.807, 2.05) is 31.0 Å². The number of aromatic nitrogens is 1. The highest BCUT2D eigenvalue weighted by molar-refractivity contribution is 7.90. The van der Waals surface area contributed by atoms with E-state index in [4.69, 9.17) is 9.47 Å². The van der Waals surface area contributed by atoms with Crippen LogP contribution in [0.25, 0.3) is 11.1 Å². The van der Waals surface area contributed by atoms with Gasteiger partial charge >= 0.3 is 0 Å². The van der Waals surface area contributed by atoms with Crippen LogP contribution in [0.5, 0.6) is 0 Å². The lowest BCUT2D eigenvalue weighted by molar-refractivity contribution is -0.243. The highest BCUT2D eigenvalue weighted by Crippen LogP contribution is 2.24. The lowest BCUT2D eigenvalue weighted by Crippen LogP contribution is -2.55. The van der Waals surface area contributed by atoms with Crippen molar-refractivity contribution in [1.82, 2.24) is 15.2 Å². The summed E-state index contributed by atoms with van der Waals surface area (Å²) >= 11 is 0. The number of aliphatic hydroxyl groups is 1. The number of rotatable bonds is 12. The number of carbonyl (C=O) groups excluding carboxylic acids is 1. The van der Waals surface area contributed by atoms with Crippen molar-refractivity contribution in [2.75, 3.05) is 33.5 Å². The second-order valence-electron chi connectivity index (χ2n) is 9.74. The molecule has 1 saturated heterocycles. The lowest BCUT2D eigenvalue weighted by atomic mass is 9.98. The van der Waals surface area contributed by atoms with Crippen molar-refractivity contribution < 1.29 is 27.8 Å². The number of sulfone groups is 1. The zero-order valence-corrected chi connectivity index (χ0v) is 22.9. The summed E-state index contributed by atoms with van der Waals surface area (Å²) < 4.78 is 34.0. The van der Waals surface area contributed by atoms with E-state index >= 15 is 0 Å². The van der Waals surface area contributed by atoms with Gasteiger partial charge in [-0.25, -0.2) is 13.4 Å². The van der Waals surface area contributed by atoms with E-state index in [1.54, 1.807) is 12.3 Å². The number of likely N-dealkylation sites (N-methyl/N-ethyl adjacent to an activating group) is 1. The number of benzene rings is 1. The molecule has 3 rings (SSSR count). The maximum atomic E-state index is 12.3. The van der Waals surface area contributed by atoms with Crippen LogP contribution in [0.3, 0.4) is 0 Å². The highest BCUT2D eigenvalue weighted by Gasteiger charge is 2.38. The van der Waals surface area contributed by atoms with Gasteiger partial charge in [-0.1, -0.05) is 24.3 Å². The largest absolute Gasteiger partial charge is 0.386 e. The van der Waals surface area contributed by atoms with Crippen LogP contribution in [0, 0.1) is 0 Å². The van der Waals surface area contributed by atoms with E-state index in [-0.39, 0.29) is 23.1 Å². The summed E-state index contributed by atoms with van der Waals surface area (Å²) in [7, 11) is 0.131. The fourth-order valence-corrected chi connectivity index (χ4v) is 5.07. The zero-order chi connectivity index (χ0) is 27.0. The number of amides is 1. The smallest absolute Gasteiger partial charge is 0.221 e. The van der Waals surface area contributed by atoms with Gasteiger partial charge in [-0.2, -0.15) is 0 Å². The minimum Gasteiger partial charge on any atom is -0.386 e. The van der Waals surface area contributed by atoms with Gasteiger partial charge in [0.25, 0.3) is 0 Å². The number of hydrogen-bond donors (Lipinski definition) is 2. The molecule has 0 aliphatic carbocycles. The van der Waals surface area contributed by atoms with E-state index in [9.17, 15) is 18.3 Å². The second kappa shape index (κ2) is 13.4. The molecule has 4 atom stereocenters. The molecule has 10 heteroatoms. The van der Waals surface area contributed by atoms with Gasteiger partial charge in [-0.05, 0) is 62.9 Å². The highest BCUT2D eigenvalue weighted by atomic mass is 32.2. The number of nitrogens with zero attached hydrogens (tertiary/aromatic N) is 2. The van der Waals surface area contributed by atoms with Crippen molar-refractivity contribution in [2.45, 2.75) is 68.6 Å². The van der Waals surface area contributed by atoms with Gasteiger partial charge in [0.05, 0.1) is 6.10 Å². The first-order chi connectivity index (χ1) is 17.6. The molecule has 0 unspecified atom stereocenters. The molecule has 0 bridgehead atoms. The van der Waals surface area contributed by atoms with E-state index in [2.05, 4.69) is 22.4 Å². The van der Waals surface area contributed by atoms with Crippen molar-refractivity contribution in [3.05, 3.63) is 48.2 Å². The SMILES string of the molecule is CO[C@@H]1O[C@H](C)C[C@H](N(C)CCC(=O)NCCCCc2ccc(-c3ccc(S(C)(=O)=O)nc3)cc2)[C@H]1O. The third-order valence-electron chi connectivity index (χ3n) is 6.72. The molecular formula is C27H39N3O6S. The van der Waals surface area contributed by atoms with Gasteiger partial charge in [-0.3, -0.25) is 4.79 Å². The van der Waals surface area contributed by atoms with E-state index in [0.29, 0.717) is 25.9 Å². The van der Waals surface area contributed by atoms with Gasteiger partial charge in [0.1, 0.15) is 6.10 Å². The third kappa shape index (κ3) is 8.58. The molecule has 37 heavy (non-hydrogen) atoms. The minimum absolute atomic E-state index is 0.00425. The Labute approximate surface area is 220 Å². The Morgan fingerprint density at radius 1 is 1.19 bits per heavy atom. The Morgan fingerprint density at radius 2 is 1.89 bits per heavy atom. The Balaban J connectivity index is 1.34. The molecule has 2 N–H and O–H groups in total. The predicted octanol–water partition coefficient (Wildman–Crippen LogP) is 2.42. The average Bonchev–Trinajstić information content (AvgIpc) is 2.88. The standard InChI is InChI=1S/C27H39N3O6S/c1-19-17-23(26(32)27(35-3)36-19)30(2)16-14-24(31)28-15-6-5-7-20-8-10-21(11-9-20)22-12-13-25(29-18-22)37(4,33)34/h8-13,18-19,23,26-27,32H,5-7,14-17H2,1-4H3,(H,28,31)/t19-,23+,26-,27-/m1/s1. The van der Waals surface area contributed by atoms with Crippen molar-refractivity contribution in [1.29, 1.82) is 0 Å². The van der Waals surface area contributed by atoms with E-state index in [1.165, 1.54) is 18.7 Å². The Hall–Kier alpha value is -2.37. The van der Waals surface area contributed by atoms with Crippen LogP contribution in [0.2, 0.25) is 0 Å². The molecule has 1 amide bonds. The number of carbonyl (C=O) groups is 1. The van der Waals surface area contributed by atoms with E-state index in [0.717, 1.165) is 36.6 Å². The fourth-order valence-electron chi connectivity index (χ4n) is 4.51. The first-order valence-electron chi connectivity index (χ1n) is 12.7. The molecule has 9 nitrogen and oxygen atoms in total. The normalized spacial score (nSPS) is 22.2. The summed E-state index contributed by atoms with van der Waals surface area (Å²) in [6.07, 6.45) is 5.11. The van der Waals surface area contributed by atoms with Gasteiger partial charge in [0.15, 0.2) is 21.2 Å². The number of aryl methyl sites for hydroxylation is 1. The van der Waals surface area contributed by atoms with Gasteiger partial charge < -0.3 is 24.8 Å². The Morgan fingerprint density at radius 3 is 2.51 bits per heavy atom. The van der Waals surface area contributed by atoms with Crippen LogP contribution in [0.1, 0.15) is 38.2 Å². The average molecular weight is 534 g/mol. The Kier molecular flexibility index (Phi) is 10.6.